The van der Waals surface area contributed by atoms with Crippen molar-refractivity contribution in [2.75, 3.05) is 43.6 Å². The molecule has 2 aliphatic heterocycles. The van der Waals surface area contributed by atoms with Crippen molar-refractivity contribution in [2.45, 2.75) is 19.9 Å². The van der Waals surface area contributed by atoms with Crippen LogP contribution in [0.2, 0.25) is 0 Å². The largest absolute Gasteiger partial charge is 0.377 e. The van der Waals surface area contributed by atoms with Crippen LogP contribution in [0.1, 0.15) is 17.6 Å². The van der Waals surface area contributed by atoms with Gasteiger partial charge in [0.25, 0.3) is 0 Å². The maximum Gasteiger partial charge on any atom is 0.136 e. The van der Waals surface area contributed by atoms with E-state index in [1.54, 1.807) is 17.4 Å². The SMILES string of the molecule is CCc1nc2c(s1)N(N1CCN(C)CC1)c1ccc(F)cc1NC2. The van der Waals surface area contributed by atoms with Crippen LogP contribution in [0.3, 0.4) is 0 Å². The highest BCUT2D eigenvalue weighted by Crippen LogP contribution is 2.42. The highest BCUT2D eigenvalue weighted by molar-refractivity contribution is 7.16. The lowest BCUT2D eigenvalue weighted by molar-refractivity contribution is 0.155. The molecule has 0 saturated carbocycles. The Morgan fingerprint density at radius 1 is 1.25 bits per heavy atom. The van der Waals surface area contributed by atoms with Gasteiger partial charge in [0.15, 0.2) is 0 Å². The summed E-state index contributed by atoms with van der Waals surface area (Å²) in [5, 5.41) is 10.3. The first-order valence-electron chi connectivity index (χ1n) is 8.41. The number of likely N-dealkylation sites (N-methyl/N-ethyl adjacent to an activating group) is 1. The second-order valence-corrected chi connectivity index (χ2v) is 7.36. The summed E-state index contributed by atoms with van der Waals surface area (Å²) >= 11 is 1.74. The Morgan fingerprint density at radius 2 is 2.04 bits per heavy atom. The van der Waals surface area contributed by atoms with E-state index in [1.165, 1.54) is 6.07 Å². The predicted octanol–water partition coefficient (Wildman–Crippen LogP) is 3.07. The number of thiazole rings is 1. The lowest BCUT2D eigenvalue weighted by Gasteiger charge is -2.40. The summed E-state index contributed by atoms with van der Waals surface area (Å²) in [5.74, 6) is -0.216. The summed E-state index contributed by atoms with van der Waals surface area (Å²) in [5.41, 5.74) is 2.88. The van der Waals surface area contributed by atoms with E-state index in [0.29, 0.717) is 6.54 Å². The fourth-order valence-corrected chi connectivity index (χ4v) is 4.28. The number of piperazine rings is 1. The van der Waals surface area contributed by atoms with Crippen molar-refractivity contribution in [1.82, 2.24) is 14.9 Å². The predicted molar refractivity (Wildman–Crippen MR) is 96.4 cm³/mol. The minimum atomic E-state index is -0.216. The van der Waals surface area contributed by atoms with Crippen LogP contribution in [-0.4, -0.2) is 48.1 Å². The number of hydrogen-bond donors (Lipinski definition) is 1. The van der Waals surface area contributed by atoms with Gasteiger partial charge in [-0.3, -0.25) is 5.01 Å². The number of hydrogen-bond acceptors (Lipinski definition) is 6. The van der Waals surface area contributed by atoms with E-state index in [1.807, 2.05) is 6.07 Å². The van der Waals surface area contributed by atoms with Gasteiger partial charge in [-0.2, -0.15) is 0 Å². The normalized spacial score (nSPS) is 18.7. The molecule has 128 valence electrons. The first-order chi connectivity index (χ1) is 11.7. The molecule has 0 amide bonds. The van der Waals surface area contributed by atoms with Crippen molar-refractivity contribution in [3.05, 3.63) is 34.7 Å². The van der Waals surface area contributed by atoms with Crippen molar-refractivity contribution in [1.29, 1.82) is 0 Å². The average Bonchev–Trinajstić information content (AvgIpc) is 2.93. The van der Waals surface area contributed by atoms with Crippen molar-refractivity contribution >= 4 is 27.7 Å². The van der Waals surface area contributed by atoms with E-state index < -0.39 is 0 Å². The van der Waals surface area contributed by atoms with E-state index in [2.05, 4.69) is 34.2 Å². The van der Waals surface area contributed by atoms with Gasteiger partial charge in [0.2, 0.25) is 0 Å². The van der Waals surface area contributed by atoms with Crippen LogP contribution >= 0.6 is 11.3 Å². The van der Waals surface area contributed by atoms with Crippen molar-refractivity contribution < 1.29 is 4.39 Å². The number of aryl methyl sites for hydroxylation is 1. The Balaban J connectivity index is 1.80. The van der Waals surface area contributed by atoms with E-state index >= 15 is 0 Å². The average molecular weight is 347 g/mol. The highest BCUT2D eigenvalue weighted by Gasteiger charge is 2.30. The van der Waals surface area contributed by atoms with Gasteiger partial charge in [-0.1, -0.05) is 18.3 Å². The highest BCUT2D eigenvalue weighted by atomic mass is 32.1. The second kappa shape index (κ2) is 6.31. The van der Waals surface area contributed by atoms with Gasteiger partial charge in [0.1, 0.15) is 10.8 Å². The summed E-state index contributed by atoms with van der Waals surface area (Å²) in [6.45, 7) is 6.71. The summed E-state index contributed by atoms with van der Waals surface area (Å²) < 4.78 is 13.7. The molecule has 24 heavy (non-hydrogen) atoms. The number of fused-ring (bicyclic) bond motifs is 2. The molecule has 0 spiro atoms. The van der Waals surface area contributed by atoms with E-state index in [-0.39, 0.29) is 5.82 Å². The van der Waals surface area contributed by atoms with Crippen LogP contribution in [0, 0.1) is 5.82 Å². The van der Waals surface area contributed by atoms with Crippen molar-refractivity contribution in [3.8, 4) is 0 Å². The third kappa shape index (κ3) is 2.76. The van der Waals surface area contributed by atoms with Crippen LogP contribution < -0.4 is 10.3 Å². The first-order valence-corrected chi connectivity index (χ1v) is 9.23. The lowest BCUT2D eigenvalue weighted by Crippen LogP contribution is -2.51. The number of rotatable bonds is 2. The van der Waals surface area contributed by atoms with Crippen LogP contribution in [0.25, 0.3) is 0 Å². The Kier molecular flexibility index (Phi) is 4.15. The van der Waals surface area contributed by atoms with Crippen LogP contribution in [-0.2, 0) is 13.0 Å². The monoisotopic (exact) mass is 347 g/mol. The molecular formula is C17H22FN5S. The molecule has 0 aliphatic carbocycles. The molecule has 2 aliphatic rings. The summed E-state index contributed by atoms with van der Waals surface area (Å²) in [6.07, 6.45) is 0.935. The molecule has 3 heterocycles. The molecule has 1 N–H and O–H groups in total. The van der Waals surface area contributed by atoms with E-state index in [4.69, 9.17) is 4.98 Å². The number of aromatic nitrogens is 1. The third-order valence-electron chi connectivity index (χ3n) is 4.61. The van der Waals surface area contributed by atoms with Crippen LogP contribution in [0.4, 0.5) is 20.8 Å². The molecule has 0 radical (unpaired) electrons. The quantitative estimate of drug-likeness (QED) is 0.903. The molecule has 1 aromatic heterocycles. The van der Waals surface area contributed by atoms with E-state index in [0.717, 1.165) is 59.7 Å². The zero-order valence-corrected chi connectivity index (χ0v) is 14.9. The zero-order chi connectivity index (χ0) is 16.7. The van der Waals surface area contributed by atoms with Gasteiger partial charge < -0.3 is 10.2 Å². The summed E-state index contributed by atoms with van der Waals surface area (Å²) in [7, 11) is 2.15. The smallest absolute Gasteiger partial charge is 0.136 e. The minimum Gasteiger partial charge on any atom is -0.377 e. The van der Waals surface area contributed by atoms with Gasteiger partial charge in [-0.05, 0) is 31.7 Å². The molecule has 7 heteroatoms. The number of benzene rings is 1. The maximum atomic E-state index is 13.7. The maximum absolute atomic E-state index is 13.7. The Hall–Kier alpha value is -1.70. The van der Waals surface area contributed by atoms with Gasteiger partial charge in [-0.25, -0.2) is 14.4 Å². The number of anilines is 3. The topological polar surface area (TPSA) is 34.6 Å². The Morgan fingerprint density at radius 3 is 2.79 bits per heavy atom. The summed E-state index contributed by atoms with van der Waals surface area (Å²) in [4.78, 5) is 7.11. The number of hydrazine groups is 1. The third-order valence-corrected chi connectivity index (χ3v) is 5.83. The van der Waals surface area contributed by atoms with Gasteiger partial charge in [0, 0.05) is 26.2 Å². The minimum absolute atomic E-state index is 0.216. The Labute approximate surface area is 145 Å². The fraction of sp³-hybridized carbons (Fsp3) is 0.471. The van der Waals surface area contributed by atoms with Crippen molar-refractivity contribution in [3.63, 3.8) is 0 Å². The van der Waals surface area contributed by atoms with E-state index in [9.17, 15) is 4.39 Å². The molecule has 0 bridgehead atoms. The summed E-state index contributed by atoms with van der Waals surface area (Å²) in [6, 6.07) is 4.99. The molecular weight excluding hydrogens is 325 g/mol. The Bertz CT molecular complexity index is 739. The van der Waals surface area contributed by atoms with Gasteiger partial charge in [0.05, 0.1) is 28.6 Å². The molecule has 5 nitrogen and oxygen atoms in total. The molecule has 1 fully saturated rings. The molecule has 0 atom stereocenters. The zero-order valence-electron chi connectivity index (χ0n) is 14.0. The fourth-order valence-electron chi connectivity index (χ4n) is 3.22. The number of halogens is 1. The van der Waals surface area contributed by atoms with Crippen molar-refractivity contribution in [2.24, 2.45) is 0 Å². The number of nitrogens with one attached hydrogen (secondary N) is 1. The molecule has 2 aromatic rings. The molecule has 4 rings (SSSR count). The number of nitrogens with zero attached hydrogens (tertiary/aromatic N) is 4. The van der Waals surface area contributed by atoms with Gasteiger partial charge >= 0.3 is 0 Å². The molecule has 1 aromatic carbocycles. The standard InChI is InChI=1S/C17H22FN5S/c1-3-16-20-14-11-19-13-10-12(18)4-5-15(13)23(17(14)24-16)22-8-6-21(2)7-9-22/h4-5,10,19H,3,6-9,11H2,1-2H3. The molecule has 1 saturated heterocycles. The first kappa shape index (κ1) is 15.8. The van der Waals surface area contributed by atoms with Gasteiger partial charge in [-0.15, -0.1) is 0 Å². The lowest BCUT2D eigenvalue weighted by atomic mass is 10.2. The second-order valence-electron chi connectivity index (χ2n) is 6.30. The molecule has 0 unspecified atom stereocenters. The van der Waals surface area contributed by atoms with Crippen LogP contribution in [0.15, 0.2) is 18.2 Å². The van der Waals surface area contributed by atoms with Crippen LogP contribution in [0.5, 0.6) is 0 Å².